The molecule has 1 aliphatic rings. The van der Waals surface area contributed by atoms with E-state index in [-0.39, 0.29) is 0 Å². The van der Waals surface area contributed by atoms with E-state index in [2.05, 4.69) is 4.52 Å². The van der Waals surface area contributed by atoms with Gasteiger partial charge < -0.3 is 4.74 Å². The first-order valence-corrected chi connectivity index (χ1v) is 4.94. The van der Waals surface area contributed by atoms with Gasteiger partial charge in [-0.05, 0) is 4.62 Å². The number of nitrogens with zero attached hydrogens (tertiary/aromatic N) is 1. The van der Waals surface area contributed by atoms with Gasteiger partial charge in [0.05, 0.1) is 26.3 Å². The molecular weight excluding hydrogens is 197 g/mol. The summed E-state index contributed by atoms with van der Waals surface area (Å²) in [4.78, 5) is 10.4. The predicted octanol–water partition coefficient (Wildman–Crippen LogP) is 0.471. The summed E-state index contributed by atoms with van der Waals surface area (Å²) in [6.45, 7) is 3.30. The summed E-state index contributed by atoms with van der Waals surface area (Å²) in [7, 11) is -2.37. The van der Waals surface area contributed by atoms with Crippen molar-refractivity contribution in [3.8, 4) is 0 Å². The molecule has 0 aromatic rings. The van der Waals surface area contributed by atoms with E-state index < -0.39 is 14.2 Å². The summed E-state index contributed by atoms with van der Waals surface area (Å²) in [5.74, 6) is -0.616. The summed E-state index contributed by atoms with van der Waals surface area (Å²) in [5, 5.41) is 1.46. The van der Waals surface area contributed by atoms with Gasteiger partial charge in [0.1, 0.15) is 0 Å². The standard InChI is InChI=1S/C6H11NO5P/c1-6(8)11-13(9)12-7-2-4-10-5-3-7/h2-5H2,1H3/q+1. The minimum atomic E-state index is -2.37. The molecule has 1 fully saturated rings. The summed E-state index contributed by atoms with van der Waals surface area (Å²) >= 11 is 0. The molecule has 0 bridgehead atoms. The van der Waals surface area contributed by atoms with Crippen molar-refractivity contribution in [2.24, 2.45) is 0 Å². The zero-order valence-electron chi connectivity index (χ0n) is 7.26. The van der Waals surface area contributed by atoms with Crippen molar-refractivity contribution in [2.75, 3.05) is 26.3 Å². The van der Waals surface area contributed by atoms with E-state index in [0.717, 1.165) is 0 Å². The van der Waals surface area contributed by atoms with Crippen molar-refractivity contribution in [3.05, 3.63) is 0 Å². The molecule has 6 nitrogen and oxygen atoms in total. The Hall–Kier alpha value is -0.550. The quantitative estimate of drug-likeness (QED) is 0.628. The lowest BCUT2D eigenvalue weighted by molar-refractivity contribution is -0.139. The molecule has 1 aliphatic heterocycles. The van der Waals surface area contributed by atoms with Gasteiger partial charge in [0.2, 0.25) is 0 Å². The lowest BCUT2D eigenvalue weighted by atomic mass is 10.5. The summed E-state index contributed by atoms with van der Waals surface area (Å²) < 4.78 is 25.1. The van der Waals surface area contributed by atoms with Crippen molar-refractivity contribution in [1.82, 2.24) is 5.06 Å². The average Bonchev–Trinajstić information content (AvgIpc) is 2.04. The predicted molar refractivity (Wildman–Crippen MR) is 42.8 cm³/mol. The molecule has 74 valence electrons. The van der Waals surface area contributed by atoms with Crippen molar-refractivity contribution in [3.63, 3.8) is 0 Å². The molecule has 1 atom stereocenters. The Morgan fingerprint density at radius 2 is 2.08 bits per heavy atom. The van der Waals surface area contributed by atoms with Crippen molar-refractivity contribution in [1.29, 1.82) is 0 Å². The van der Waals surface area contributed by atoms with E-state index in [4.69, 9.17) is 9.36 Å². The molecule has 13 heavy (non-hydrogen) atoms. The Balaban J connectivity index is 2.22. The van der Waals surface area contributed by atoms with Crippen LogP contribution in [0.15, 0.2) is 0 Å². The Morgan fingerprint density at radius 1 is 1.46 bits per heavy atom. The zero-order valence-corrected chi connectivity index (χ0v) is 8.16. The van der Waals surface area contributed by atoms with Gasteiger partial charge in [0.15, 0.2) is 0 Å². The second-order valence-electron chi connectivity index (χ2n) is 2.43. The molecule has 7 heteroatoms. The monoisotopic (exact) mass is 208 g/mol. The number of carbonyl (C=O) groups is 1. The van der Waals surface area contributed by atoms with Gasteiger partial charge in [0.25, 0.3) is 0 Å². The van der Waals surface area contributed by atoms with Crippen LogP contribution in [0.4, 0.5) is 0 Å². The van der Waals surface area contributed by atoms with Crippen LogP contribution in [0.1, 0.15) is 6.92 Å². The molecule has 1 heterocycles. The van der Waals surface area contributed by atoms with Crippen LogP contribution in [0.3, 0.4) is 0 Å². The highest BCUT2D eigenvalue weighted by atomic mass is 31.1. The van der Waals surface area contributed by atoms with Crippen LogP contribution < -0.4 is 0 Å². The van der Waals surface area contributed by atoms with E-state index in [1.165, 1.54) is 12.0 Å². The molecule has 0 radical (unpaired) electrons. The summed E-state index contributed by atoms with van der Waals surface area (Å²) in [5.41, 5.74) is 0. The maximum atomic E-state index is 10.9. The highest BCUT2D eigenvalue weighted by Gasteiger charge is 2.29. The van der Waals surface area contributed by atoms with E-state index in [9.17, 15) is 9.36 Å². The minimum absolute atomic E-state index is 0.530. The lowest BCUT2D eigenvalue weighted by Crippen LogP contribution is -2.34. The third-order valence-electron chi connectivity index (χ3n) is 1.36. The first kappa shape index (κ1) is 10.5. The van der Waals surface area contributed by atoms with Gasteiger partial charge in [-0.25, -0.2) is 4.79 Å². The van der Waals surface area contributed by atoms with Gasteiger partial charge in [-0.15, -0.1) is 5.06 Å². The Morgan fingerprint density at radius 3 is 2.62 bits per heavy atom. The Labute approximate surface area is 76.7 Å². The topological polar surface area (TPSA) is 65.1 Å². The molecule has 1 saturated heterocycles. The molecule has 0 spiro atoms. The van der Waals surface area contributed by atoms with Crippen LogP contribution in [0.2, 0.25) is 0 Å². The van der Waals surface area contributed by atoms with Gasteiger partial charge in [0, 0.05) is 11.5 Å². The first-order chi connectivity index (χ1) is 6.18. The summed E-state index contributed by atoms with van der Waals surface area (Å²) in [6.07, 6.45) is 0. The van der Waals surface area contributed by atoms with Crippen molar-refractivity contribution >= 4 is 14.2 Å². The second kappa shape index (κ2) is 5.24. The smallest absolute Gasteiger partial charge is 0.379 e. The second-order valence-corrected chi connectivity index (χ2v) is 3.22. The number of ether oxygens (including phenoxy) is 1. The third-order valence-corrected chi connectivity index (χ3v) is 2.13. The molecule has 1 unspecified atom stereocenters. The van der Waals surface area contributed by atoms with Crippen molar-refractivity contribution < 1.29 is 23.2 Å². The average molecular weight is 208 g/mol. The third kappa shape index (κ3) is 4.28. The lowest BCUT2D eigenvalue weighted by Gasteiger charge is -2.19. The highest BCUT2D eigenvalue weighted by molar-refractivity contribution is 7.33. The van der Waals surface area contributed by atoms with E-state index in [0.29, 0.717) is 26.3 Å². The SMILES string of the molecule is CC(=O)O[P+](=O)ON1CCOCC1. The number of rotatable bonds is 3. The van der Waals surface area contributed by atoms with E-state index >= 15 is 0 Å². The maximum absolute atomic E-state index is 10.9. The highest BCUT2D eigenvalue weighted by Crippen LogP contribution is 2.25. The zero-order chi connectivity index (χ0) is 9.68. The van der Waals surface area contributed by atoms with Crippen LogP contribution in [-0.4, -0.2) is 37.3 Å². The fraction of sp³-hybridized carbons (Fsp3) is 0.833. The molecule has 0 aromatic heterocycles. The molecular formula is C6H11NO5P+. The number of morpholine rings is 1. The molecule has 0 saturated carbocycles. The number of hydrogen-bond donors (Lipinski definition) is 0. The van der Waals surface area contributed by atoms with Gasteiger partial charge >= 0.3 is 14.2 Å². The maximum Gasteiger partial charge on any atom is 0.772 e. The Bertz CT molecular complexity index is 203. The van der Waals surface area contributed by atoms with Crippen LogP contribution in [0.5, 0.6) is 0 Å². The van der Waals surface area contributed by atoms with E-state index in [1.807, 2.05) is 0 Å². The van der Waals surface area contributed by atoms with Crippen molar-refractivity contribution in [2.45, 2.75) is 6.92 Å². The number of hydrogen-bond acceptors (Lipinski definition) is 6. The fourth-order valence-corrected chi connectivity index (χ4v) is 1.44. The van der Waals surface area contributed by atoms with Crippen LogP contribution >= 0.6 is 8.25 Å². The summed E-state index contributed by atoms with van der Waals surface area (Å²) in [6, 6.07) is 0. The largest absolute Gasteiger partial charge is 0.772 e. The van der Waals surface area contributed by atoms with Crippen LogP contribution in [0, 0.1) is 0 Å². The number of hydroxylamine groups is 2. The first-order valence-electron chi connectivity index (χ1n) is 3.85. The van der Waals surface area contributed by atoms with E-state index in [1.54, 1.807) is 0 Å². The minimum Gasteiger partial charge on any atom is -0.379 e. The molecule has 0 aliphatic carbocycles. The molecule has 0 amide bonds. The molecule has 0 N–H and O–H groups in total. The van der Waals surface area contributed by atoms with Crippen LogP contribution in [0.25, 0.3) is 0 Å². The normalized spacial score (nSPS) is 19.6. The van der Waals surface area contributed by atoms with Gasteiger partial charge in [-0.3, -0.25) is 0 Å². The number of carbonyl (C=O) groups excluding carboxylic acids is 1. The van der Waals surface area contributed by atoms with Gasteiger partial charge in [-0.1, -0.05) is 0 Å². The molecule has 0 aromatic carbocycles. The fourth-order valence-electron chi connectivity index (χ4n) is 0.844. The Kier molecular flexibility index (Phi) is 4.24. The molecule has 1 rings (SSSR count). The van der Waals surface area contributed by atoms with Crippen LogP contribution in [-0.2, 0) is 23.2 Å². The van der Waals surface area contributed by atoms with Gasteiger partial charge in [-0.2, -0.15) is 4.52 Å².